The van der Waals surface area contributed by atoms with Gasteiger partial charge in [-0.1, -0.05) is 42.5 Å². The molecular formula is C21H17ClFN3S. The second-order valence-corrected chi connectivity index (χ2v) is 7.35. The van der Waals surface area contributed by atoms with Gasteiger partial charge in [-0.2, -0.15) is 4.98 Å². The van der Waals surface area contributed by atoms with Gasteiger partial charge in [0.15, 0.2) is 0 Å². The number of hydrogen-bond acceptors (Lipinski definition) is 4. The van der Waals surface area contributed by atoms with Gasteiger partial charge in [-0.3, -0.25) is 0 Å². The number of thiophene rings is 1. The molecular weight excluding hydrogens is 381 g/mol. The fourth-order valence-electron chi connectivity index (χ4n) is 3.11. The van der Waals surface area contributed by atoms with Crippen molar-refractivity contribution in [3.63, 3.8) is 0 Å². The summed E-state index contributed by atoms with van der Waals surface area (Å²) in [6.45, 7) is 3.59. The number of halogens is 2. The van der Waals surface area contributed by atoms with Gasteiger partial charge in [0.1, 0.15) is 16.5 Å². The summed E-state index contributed by atoms with van der Waals surface area (Å²) < 4.78 is 13.4. The Labute approximate surface area is 166 Å². The van der Waals surface area contributed by atoms with Gasteiger partial charge >= 0.3 is 0 Å². The molecule has 27 heavy (non-hydrogen) atoms. The van der Waals surface area contributed by atoms with Crippen LogP contribution in [-0.4, -0.2) is 16.5 Å². The Hall–Kier alpha value is -2.50. The molecule has 3 nitrogen and oxygen atoms in total. The van der Waals surface area contributed by atoms with Crippen molar-refractivity contribution >= 4 is 39.0 Å². The highest BCUT2D eigenvalue weighted by Crippen LogP contribution is 2.39. The van der Waals surface area contributed by atoms with E-state index in [2.05, 4.69) is 33.9 Å². The average Bonchev–Trinajstić information content (AvgIpc) is 3.10. The fourth-order valence-corrected chi connectivity index (χ4v) is 4.27. The first kappa shape index (κ1) is 17.9. The predicted molar refractivity (Wildman–Crippen MR) is 111 cm³/mol. The number of benzene rings is 2. The lowest BCUT2D eigenvalue weighted by atomic mass is 10.1. The van der Waals surface area contributed by atoms with Gasteiger partial charge in [-0.25, -0.2) is 9.37 Å². The van der Waals surface area contributed by atoms with E-state index < -0.39 is 0 Å². The van der Waals surface area contributed by atoms with Gasteiger partial charge in [0.05, 0.1) is 5.39 Å². The van der Waals surface area contributed by atoms with Gasteiger partial charge in [0.25, 0.3) is 0 Å². The van der Waals surface area contributed by atoms with Crippen molar-refractivity contribution in [2.24, 2.45) is 0 Å². The van der Waals surface area contributed by atoms with Crippen LogP contribution < -0.4 is 4.90 Å². The molecule has 6 heteroatoms. The third-order valence-corrected chi connectivity index (χ3v) is 5.48. The number of rotatable bonds is 5. The van der Waals surface area contributed by atoms with Gasteiger partial charge in [-0.15, -0.1) is 11.3 Å². The first-order valence-corrected chi connectivity index (χ1v) is 9.91. The van der Waals surface area contributed by atoms with E-state index in [1.165, 1.54) is 29.0 Å². The molecule has 0 atom stereocenters. The lowest BCUT2D eigenvalue weighted by Gasteiger charge is -2.23. The minimum Gasteiger partial charge on any atom is -0.352 e. The van der Waals surface area contributed by atoms with E-state index in [4.69, 9.17) is 11.6 Å². The van der Waals surface area contributed by atoms with Crippen molar-refractivity contribution in [3.05, 3.63) is 76.6 Å². The molecule has 4 aromatic rings. The normalized spacial score (nSPS) is 11.1. The Morgan fingerprint density at radius 1 is 1.04 bits per heavy atom. The highest BCUT2D eigenvalue weighted by Gasteiger charge is 2.19. The highest BCUT2D eigenvalue weighted by atomic mass is 35.5. The van der Waals surface area contributed by atoms with Crippen LogP contribution in [0.15, 0.2) is 60.0 Å². The predicted octanol–water partition coefficient (Wildman–Crippen LogP) is 6.18. The molecule has 0 fully saturated rings. The third kappa shape index (κ3) is 3.66. The Morgan fingerprint density at radius 3 is 2.48 bits per heavy atom. The molecule has 0 aliphatic rings. The second kappa shape index (κ2) is 7.62. The molecule has 2 aromatic carbocycles. The number of nitrogens with zero attached hydrogens (tertiary/aromatic N) is 3. The highest BCUT2D eigenvalue weighted by molar-refractivity contribution is 7.17. The number of fused-ring (bicyclic) bond motifs is 1. The Balaban J connectivity index is 1.85. The van der Waals surface area contributed by atoms with Gasteiger partial charge < -0.3 is 4.90 Å². The fraction of sp³-hybridized carbons (Fsp3) is 0.143. The van der Waals surface area contributed by atoms with Crippen LogP contribution in [0.25, 0.3) is 21.3 Å². The maximum absolute atomic E-state index is 13.4. The molecule has 0 saturated carbocycles. The van der Waals surface area contributed by atoms with Crippen molar-refractivity contribution < 1.29 is 4.39 Å². The summed E-state index contributed by atoms with van der Waals surface area (Å²) in [7, 11) is 0. The van der Waals surface area contributed by atoms with E-state index in [-0.39, 0.29) is 11.1 Å². The second-order valence-electron chi connectivity index (χ2n) is 6.15. The Kier molecular flexibility index (Phi) is 5.05. The van der Waals surface area contributed by atoms with Crippen LogP contribution >= 0.6 is 22.9 Å². The van der Waals surface area contributed by atoms with Crippen LogP contribution in [0.4, 0.5) is 10.2 Å². The molecule has 2 heterocycles. The molecule has 0 saturated heterocycles. The van der Waals surface area contributed by atoms with E-state index >= 15 is 0 Å². The molecule has 0 radical (unpaired) electrons. The zero-order valence-corrected chi connectivity index (χ0v) is 16.3. The molecule has 0 aliphatic carbocycles. The Morgan fingerprint density at radius 2 is 1.78 bits per heavy atom. The average molecular weight is 398 g/mol. The van der Waals surface area contributed by atoms with Crippen molar-refractivity contribution in [2.45, 2.75) is 13.5 Å². The summed E-state index contributed by atoms with van der Waals surface area (Å²) in [4.78, 5) is 12.0. The quantitative estimate of drug-likeness (QED) is 0.376. The Bertz CT molecular complexity index is 1060. The van der Waals surface area contributed by atoms with Crippen molar-refractivity contribution in [2.75, 3.05) is 11.4 Å². The van der Waals surface area contributed by atoms with Gasteiger partial charge in [0, 0.05) is 24.0 Å². The van der Waals surface area contributed by atoms with E-state index in [9.17, 15) is 4.39 Å². The first-order valence-electron chi connectivity index (χ1n) is 8.65. The number of hydrogen-bond donors (Lipinski definition) is 0. The molecule has 0 N–H and O–H groups in total. The van der Waals surface area contributed by atoms with Crippen LogP contribution in [0.1, 0.15) is 12.5 Å². The zero-order valence-electron chi connectivity index (χ0n) is 14.7. The molecule has 0 bridgehead atoms. The number of anilines is 1. The molecule has 0 amide bonds. The first-order chi connectivity index (χ1) is 13.2. The molecule has 4 rings (SSSR count). The maximum Gasteiger partial charge on any atom is 0.225 e. The van der Waals surface area contributed by atoms with Crippen molar-refractivity contribution in [3.8, 4) is 11.1 Å². The lowest BCUT2D eigenvalue weighted by molar-refractivity contribution is 0.628. The monoisotopic (exact) mass is 397 g/mol. The van der Waals surface area contributed by atoms with Crippen molar-refractivity contribution in [1.29, 1.82) is 0 Å². The standard InChI is InChI=1S/C21H17ClFN3S/c1-2-26(12-14-6-4-3-5-7-14)19-18-17(15-8-10-16(23)11-9-15)13-27-20(18)25-21(22)24-19/h3-11,13H,2,12H2,1H3. The van der Waals surface area contributed by atoms with Crippen LogP contribution in [0.2, 0.25) is 5.28 Å². The largest absolute Gasteiger partial charge is 0.352 e. The van der Waals surface area contributed by atoms with E-state index in [1.807, 2.05) is 23.6 Å². The number of aromatic nitrogens is 2. The molecule has 0 unspecified atom stereocenters. The maximum atomic E-state index is 13.4. The lowest BCUT2D eigenvalue weighted by Crippen LogP contribution is -2.23. The molecule has 0 spiro atoms. The summed E-state index contributed by atoms with van der Waals surface area (Å²) in [5.41, 5.74) is 3.12. The molecule has 0 aliphatic heterocycles. The van der Waals surface area contributed by atoms with Crippen molar-refractivity contribution in [1.82, 2.24) is 9.97 Å². The summed E-state index contributed by atoms with van der Waals surface area (Å²) in [5.74, 6) is 0.550. The summed E-state index contributed by atoms with van der Waals surface area (Å²) in [6.07, 6.45) is 0. The third-order valence-electron chi connectivity index (χ3n) is 4.44. The zero-order chi connectivity index (χ0) is 18.8. The summed E-state index contributed by atoms with van der Waals surface area (Å²) in [6, 6.07) is 16.7. The van der Waals surface area contributed by atoms with Gasteiger partial charge in [-0.05, 0) is 41.8 Å². The summed E-state index contributed by atoms with van der Waals surface area (Å²) >= 11 is 7.73. The van der Waals surface area contributed by atoms with Gasteiger partial charge in [0.2, 0.25) is 5.28 Å². The van der Waals surface area contributed by atoms with E-state index in [0.717, 1.165) is 40.3 Å². The smallest absolute Gasteiger partial charge is 0.225 e. The van der Waals surface area contributed by atoms with Crippen LogP contribution in [0, 0.1) is 5.82 Å². The van der Waals surface area contributed by atoms with E-state index in [1.54, 1.807) is 12.1 Å². The summed E-state index contributed by atoms with van der Waals surface area (Å²) in [5, 5.41) is 3.22. The minimum absolute atomic E-state index is 0.233. The molecule has 136 valence electrons. The minimum atomic E-state index is -0.253. The molecule has 2 aromatic heterocycles. The van der Waals surface area contributed by atoms with Crippen LogP contribution in [0.5, 0.6) is 0 Å². The topological polar surface area (TPSA) is 29.0 Å². The van der Waals surface area contributed by atoms with Crippen LogP contribution in [-0.2, 0) is 6.54 Å². The van der Waals surface area contributed by atoms with E-state index in [0.29, 0.717) is 0 Å². The SMILES string of the molecule is CCN(Cc1ccccc1)c1nc(Cl)nc2scc(-c3ccc(F)cc3)c12. The van der Waals surface area contributed by atoms with Crippen LogP contribution in [0.3, 0.4) is 0 Å².